The second-order valence-electron chi connectivity index (χ2n) is 3.80. The highest BCUT2D eigenvalue weighted by Crippen LogP contribution is 2.37. The summed E-state index contributed by atoms with van der Waals surface area (Å²) in [6.07, 6.45) is 0.932. The molecule has 0 aromatic rings. The molecule has 0 aromatic carbocycles. The van der Waals surface area contributed by atoms with E-state index < -0.39 is 6.04 Å². The van der Waals surface area contributed by atoms with Crippen molar-refractivity contribution in [2.75, 3.05) is 6.61 Å². The quantitative estimate of drug-likeness (QED) is 0.678. The van der Waals surface area contributed by atoms with Crippen LogP contribution in [0.15, 0.2) is 0 Å². The summed E-state index contributed by atoms with van der Waals surface area (Å²) >= 11 is 0. The Bertz CT molecular complexity index is 240. The third kappa shape index (κ3) is 2.72. The van der Waals surface area contributed by atoms with Crippen LogP contribution in [0.3, 0.4) is 0 Å². The molecule has 1 saturated carbocycles. The summed E-state index contributed by atoms with van der Waals surface area (Å²) in [6, 6.07) is -0.532. The fourth-order valence-corrected chi connectivity index (χ4v) is 1.33. The number of hydrogen-bond acceptors (Lipinski definition) is 3. The minimum Gasteiger partial charge on any atom is -0.464 e. The van der Waals surface area contributed by atoms with Crippen LogP contribution in [0, 0.1) is 11.8 Å². The second-order valence-corrected chi connectivity index (χ2v) is 3.80. The molecule has 0 saturated heterocycles. The molecule has 1 fully saturated rings. The van der Waals surface area contributed by atoms with Crippen molar-refractivity contribution in [3.05, 3.63) is 0 Å². The van der Waals surface area contributed by atoms with Crippen LogP contribution < -0.4 is 5.32 Å². The van der Waals surface area contributed by atoms with Crippen molar-refractivity contribution < 1.29 is 14.3 Å². The van der Waals surface area contributed by atoms with Crippen molar-refractivity contribution in [1.82, 2.24) is 5.32 Å². The minimum atomic E-state index is -0.532. The summed E-state index contributed by atoms with van der Waals surface area (Å²) in [7, 11) is 0. The van der Waals surface area contributed by atoms with Gasteiger partial charge in [0.25, 0.3) is 0 Å². The highest BCUT2D eigenvalue weighted by molar-refractivity contribution is 5.87. The number of rotatable bonds is 4. The highest BCUT2D eigenvalue weighted by atomic mass is 16.5. The van der Waals surface area contributed by atoms with Crippen LogP contribution in [0.1, 0.15) is 27.2 Å². The third-order valence-electron chi connectivity index (χ3n) is 2.45. The van der Waals surface area contributed by atoms with Gasteiger partial charge in [-0.2, -0.15) is 0 Å². The maximum Gasteiger partial charge on any atom is 0.328 e. The van der Waals surface area contributed by atoms with Crippen LogP contribution in [0.25, 0.3) is 0 Å². The number of hydrogen-bond donors (Lipinski definition) is 1. The maximum atomic E-state index is 11.4. The molecular weight excluding hydrogens is 182 g/mol. The molecule has 80 valence electrons. The van der Waals surface area contributed by atoms with Gasteiger partial charge < -0.3 is 10.1 Å². The Balaban J connectivity index is 2.29. The van der Waals surface area contributed by atoms with E-state index in [4.69, 9.17) is 4.74 Å². The molecule has 3 unspecified atom stereocenters. The van der Waals surface area contributed by atoms with Gasteiger partial charge in [0.15, 0.2) is 0 Å². The summed E-state index contributed by atoms with van der Waals surface area (Å²) in [4.78, 5) is 22.6. The first kappa shape index (κ1) is 11.0. The number of ether oxygens (including phenoxy) is 1. The molecule has 1 aliphatic rings. The van der Waals surface area contributed by atoms with Crippen molar-refractivity contribution in [3.63, 3.8) is 0 Å². The smallest absolute Gasteiger partial charge is 0.328 e. The Hall–Kier alpha value is -1.06. The van der Waals surface area contributed by atoms with Gasteiger partial charge in [-0.1, -0.05) is 6.92 Å². The Morgan fingerprint density at radius 1 is 1.57 bits per heavy atom. The fourth-order valence-electron chi connectivity index (χ4n) is 1.33. The molecule has 1 rings (SSSR count). The van der Waals surface area contributed by atoms with Crippen LogP contribution >= 0.6 is 0 Å². The maximum absolute atomic E-state index is 11.4. The van der Waals surface area contributed by atoms with Gasteiger partial charge in [-0.05, 0) is 26.2 Å². The Morgan fingerprint density at radius 3 is 2.57 bits per heavy atom. The van der Waals surface area contributed by atoms with E-state index in [0.717, 1.165) is 6.42 Å². The number of nitrogens with one attached hydrogen (secondary N) is 1. The molecule has 1 aliphatic carbocycles. The van der Waals surface area contributed by atoms with Gasteiger partial charge in [0.1, 0.15) is 6.04 Å². The normalized spacial score (nSPS) is 26.5. The standard InChI is InChI=1S/C10H17NO3/c1-4-14-10(13)7(3)11-9(12)8-5-6(8)2/h6-8H,4-5H2,1-3H3,(H,11,12). The molecule has 1 amide bonds. The molecule has 0 aliphatic heterocycles. The zero-order valence-electron chi connectivity index (χ0n) is 8.87. The molecular formula is C10H17NO3. The van der Waals surface area contributed by atoms with E-state index in [1.807, 2.05) is 6.92 Å². The molecule has 0 bridgehead atoms. The van der Waals surface area contributed by atoms with Gasteiger partial charge in [-0.3, -0.25) is 4.79 Å². The van der Waals surface area contributed by atoms with Crippen LogP contribution in [0.4, 0.5) is 0 Å². The van der Waals surface area contributed by atoms with Gasteiger partial charge in [-0.15, -0.1) is 0 Å². The van der Waals surface area contributed by atoms with E-state index in [2.05, 4.69) is 5.32 Å². The lowest BCUT2D eigenvalue weighted by Gasteiger charge is -2.12. The second kappa shape index (κ2) is 4.44. The molecule has 0 spiro atoms. The Morgan fingerprint density at radius 2 is 2.14 bits per heavy atom. The molecule has 0 heterocycles. The largest absolute Gasteiger partial charge is 0.464 e. The van der Waals surface area contributed by atoms with Crippen molar-refractivity contribution in [1.29, 1.82) is 0 Å². The number of esters is 1. The van der Waals surface area contributed by atoms with Crippen molar-refractivity contribution in [2.24, 2.45) is 11.8 Å². The van der Waals surface area contributed by atoms with Crippen LogP contribution in [0.2, 0.25) is 0 Å². The first-order valence-electron chi connectivity index (χ1n) is 5.03. The minimum absolute atomic E-state index is 0.0296. The first-order chi connectivity index (χ1) is 6.56. The van der Waals surface area contributed by atoms with E-state index in [-0.39, 0.29) is 17.8 Å². The zero-order chi connectivity index (χ0) is 10.7. The average Bonchev–Trinajstić information content (AvgIpc) is 2.83. The van der Waals surface area contributed by atoms with Crippen LogP contribution in [-0.4, -0.2) is 24.5 Å². The molecule has 4 nitrogen and oxygen atoms in total. The van der Waals surface area contributed by atoms with Gasteiger partial charge in [0, 0.05) is 5.92 Å². The third-order valence-corrected chi connectivity index (χ3v) is 2.45. The molecule has 3 atom stereocenters. The summed E-state index contributed by atoms with van der Waals surface area (Å²) in [5, 5.41) is 2.64. The summed E-state index contributed by atoms with van der Waals surface area (Å²) < 4.78 is 4.78. The van der Waals surface area contributed by atoms with Gasteiger partial charge in [-0.25, -0.2) is 4.79 Å². The highest BCUT2D eigenvalue weighted by Gasteiger charge is 2.39. The van der Waals surface area contributed by atoms with E-state index in [1.54, 1.807) is 13.8 Å². The number of carbonyl (C=O) groups is 2. The molecule has 0 aromatic heterocycles. The lowest BCUT2D eigenvalue weighted by atomic mass is 10.3. The van der Waals surface area contributed by atoms with E-state index in [9.17, 15) is 9.59 Å². The number of amides is 1. The van der Waals surface area contributed by atoms with E-state index in [0.29, 0.717) is 12.5 Å². The lowest BCUT2D eigenvalue weighted by Crippen LogP contribution is -2.40. The SMILES string of the molecule is CCOC(=O)C(C)NC(=O)C1CC1C. The molecule has 1 N–H and O–H groups in total. The van der Waals surface area contributed by atoms with Crippen molar-refractivity contribution >= 4 is 11.9 Å². The number of carbonyl (C=O) groups excluding carboxylic acids is 2. The van der Waals surface area contributed by atoms with E-state index in [1.165, 1.54) is 0 Å². The molecule has 0 radical (unpaired) electrons. The first-order valence-corrected chi connectivity index (χ1v) is 5.03. The summed E-state index contributed by atoms with van der Waals surface area (Å²) in [6.45, 7) is 5.76. The summed E-state index contributed by atoms with van der Waals surface area (Å²) in [5.74, 6) is 0.170. The predicted octanol–water partition coefficient (Wildman–Crippen LogP) is 0.710. The average molecular weight is 199 g/mol. The molecule has 4 heteroatoms. The van der Waals surface area contributed by atoms with Crippen LogP contribution in [-0.2, 0) is 14.3 Å². The van der Waals surface area contributed by atoms with Gasteiger partial charge >= 0.3 is 5.97 Å². The van der Waals surface area contributed by atoms with E-state index >= 15 is 0 Å². The Kier molecular flexibility index (Phi) is 3.49. The lowest BCUT2D eigenvalue weighted by molar-refractivity contribution is -0.147. The van der Waals surface area contributed by atoms with Gasteiger partial charge in [0.2, 0.25) is 5.91 Å². The monoisotopic (exact) mass is 199 g/mol. The van der Waals surface area contributed by atoms with Crippen molar-refractivity contribution in [2.45, 2.75) is 33.2 Å². The topological polar surface area (TPSA) is 55.4 Å². The zero-order valence-corrected chi connectivity index (χ0v) is 8.87. The van der Waals surface area contributed by atoms with Crippen LogP contribution in [0.5, 0.6) is 0 Å². The fraction of sp³-hybridized carbons (Fsp3) is 0.800. The molecule has 14 heavy (non-hydrogen) atoms. The van der Waals surface area contributed by atoms with Crippen molar-refractivity contribution in [3.8, 4) is 0 Å². The Labute approximate surface area is 84.0 Å². The summed E-state index contributed by atoms with van der Waals surface area (Å²) in [5.41, 5.74) is 0. The predicted molar refractivity (Wildman–Crippen MR) is 51.5 cm³/mol. The van der Waals surface area contributed by atoms with Gasteiger partial charge in [0.05, 0.1) is 6.61 Å².